The van der Waals surface area contributed by atoms with E-state index < -0.39 is 33.4 Å². The Kier molecular flexibility index (Phi) is 8.29. The average Bonchev–Trinajstić information content (AvgIpc) is 2.66. The molecular formula is C20H20ClF3N2O3S2. The van der Waals surface area contributed by atoms with Crippen molar-refractivity contribution in [3.63, 3.8) is 0 Å². The van der Waals surface area contributed by atoms with Crippen molar-refractivity contribution in [2.75, 3.05) is 6.61 Å². The highest BCUT2D eigenvalue weighted by Crippen LogP contribution is 2.40. The van der Waals surface area contributed by atoms with Gasteiger partial charge in [0.05, 0.1) is 27.5 Å². The molecule has 2 rings (SSSR count). The molecular weight excluding hydrogens is 473 g/mol. The van der Waals surface area contributed by atoms with Gasteiger partial charge in [-0.2, -0.15) is 17.6 Å². The third-order valence-corrected chi connectivity index (χ3v) is 6.61. The molecule has 0 aliphatic rings. The molecule has 1 heterocycles. The minimum atomic E-state index is -4.64. The lowest BCUT2D eigenvalue weighted by Gasteiger charge is -2.15. The predicted octanol–water partition coefficient (Wildman–Crippen LogP) is 5.96. The van der Waals surface area contributed by atoms with Crippen molar-refractivity contribution in [3.8, 4) is 0 Å². The SMILES string of the molecule is CCOC(=O)c1cccnc1Sc1c(Cl)cc(C(F)(F)F)cc1/C=N\S(=O)C(C)(C)C. The van der Waals surface area contributed by atoms with E-state index in [-0.39, 0.29) is 32.7 Å². The van der Waals surface area contributed by atoms with Crippen LogP contribution < -0.4 is 0 Å². The first kappa shape index (κ1) is 25.4. The van der Waals surface area contributed by atoms with E-state index in [0.29, 0.717) is 0 Å². The first-order valence-electron chi connectivity index (χ1n) is 9.01. The summed E-state index contributed by atoms with van der Waals surface area (Å²) in [5.74, 6) is -0.620. The van der Waals surface area contributed by atoms with Gasteiger partial charge in [0, 0.05) is 22.9 Å². The Bertz CT molecular complexity index is 1020. The minimum Gasteiger partial charge on any atom is -0.462 e. The molecule has 168 valence electrons. The summed E-state index contributed by atoms with van der Waals surface area (Å²) >= 11 is 7.09. The van der Waals surface area contributed by atoms with Crippen LogP contribution in [0.3, 0.4) is 0 Å². The molecule has 0 saturated carbocycles. The van der Waals surface area contributed by atoms with Gasteiger partial charge in [0.15, 0.2) is 0 Å². The molecule has 0 fully saturated rings. The van der Waals surface area contributed by atoms with Crippen molar-refractivity contribution in [1.82, 2.24) is 4.98 Å². The lowest BCUT2D eigenvalue weighted by Crippen LogP contribution is -2.19. The predicted molar refractivity (Wildman–Crippen MR) is 116 cm³/mol. The summed E-state index contributed by atoms with van der Waals surface area (Å²) in [6.45, 7) is 6.87. The number of rotatable bonds is 6. The van der Waals surface area contributed by atoms with E-state index in [1.54, 1.807) is 33.8 Å². The molecule has 0 spiro atoms. The topological polar surface area (TPSA) is 68.6 Å². The fourth-order valence-electron chi connectivity index (χ4n) is 2.18. The number of hydrogen-bond acceptors (Lipinski definition) is 5. The lowest BCUT2D eigenvalue weighted by atomic mass is 10.1. The van der Waals surface area contributed by atoms with E-state index in [4.69, 9.17) is 16.3 Å². The van der Waals surface area contributed by atoms with Crippen LogP contribution in [0.5, 0.6) is 0 Å². The zero-order valence-electron chi connectivity index (χ0n) is 17.1. The van der Waals surface area contributed by atoms with E-state index in [9.17, 15) is 22.2 Å². The number of benzene rings is 1. The molecule has 0 aliphatic carbocycles. The standard InChI is InChI=1S/C20H20ClF3N2O3S2/c1-5-29-18(27)14-7-6-8-25-17(14)30-16-12(11-26-31(28)19(2,3)4)9-13(10-15(16)21)20(22,23)24/h6-11H,5H2,1-4H3/b26-11-. The van der Waals surface area contributed by atoms with Crippen molar-refractivity contribution in [2.24, 2.45) is 4.40 Å². The summed E-state index contributed by atoms with van der Waals surface area (Å²) in [6, 6.07) is 4.69. The van der Waals surface area contributed by atoms with Crippen LogP contribution in [0.15, 0.2) is 44.8 Å². The van der Waals surface area contributed by atoms with Crippen LogP contribution in [0.25, 0.3) is 0 Å². The fraction of sp³-hybridized carbons (Fsp3) is 0.350. The maximum atomic E-state index is 13.3. The second-order valence-electron chi connectivity index (χ2n) is 7.15. The molecule has 0 radical (unpaired) electrons. The van der Waals surface area contributed by atoms with Gasteiger partial charge in [0.1, 0.15) is 16.0 Å². The Labute approximate surface area is 190 Å². The maximum Gasteiger partial charge on any atom is 0.416 e. The van der Waals surface area contributed by atoms with E-state index in [1.807, 2.05) is 0 Å². The zero-order valence-corrected chi connectivity index (χ0v) is 19.5. The second kappa shape index (κ2) is 10.1. The van der Waals surface area contributed by atoms with Crippen LogP contribution >= 0.6 is 23.4 Å². The Balaban J connectivity index is 2.59. The van der Waals surface area contributed by atoms with Crippen LogP contribution in [0.1, 0.15) is 49.2 Å². The molecule has 0 N–H and O–H groups in total. The van der Waals surface area contributed by atoms with E-state index >= 15 is 0 Å². The van der Waals surface area contributed by atoms with E-state index in [0.717, 1.165) is 30.1 Å². The molecule has 0 amide bonds. The normalized spacial score (nSPS) is 13.4. The number of nitrogens with zero attached hydrogens (tertiary/aromatic N) is 2. The zero-order chi connectivity index (χ0) is 23.4. The Morgan fingerprint density at radius 3 is 2.58 bits per heavy atom. The van der Waals surface area contributed by atoms with Gasteiger partial charge in [-0.1, -0.05) is 23.4 Å². The number of esters is 1. The molecule has 5 nitrogen and oxygen atoms in total. The molecule has 0 aliphatic heterocycles. The summed E-state index contributed by atoms with van der Waals surface area (Å²) in [7, 11) is -1.70. The smallest absolute Gasteiger partial charge is 0.416 e. The number of aromatic nitrogens is 1. The van der Waals surface area contributed by atoms with Crippen LogP contribution in [-0.4, -0.2) is 32.7 Å². The van der Waals surface area contributed by atoms with Gasteiger partial charge in [-0.3, -0.25) is 0 Å². The monoisotopic (exact) mass is 492 g/mol. The van der Waals surface area contributed by atoms with Gasteiger partial charge in [-0.25, -0.2) is 14.0 Å². The number of pyridine rings is 1. The third kappa shape index (κ3) is 6.78. The van der Waals surface area contributed by atoms with Crippen molar-refractivity contribution in [1.29, 1.82) is 0 Å². The number of hydrogen-bond donors (Lipinski definition) is 0. The van der Waals surface area contributed by atoms with E-state index in [1.165, 1.54) is 12.3 Å². The molecule has 1 aromatic heterocycles. The first-order chi connectivity index (χ1) is 14.3. The Morgan fingerprint density at radius 2 is 2.00 bits per heavy atom. The molecule has 1 unspecified atom stereocenters. The van der Waals surface area contributed by atoms with Gasteiger partial charge in [-0.15, -0.1) is 0 Å². The molecule has 0 saturated heterocycles. The summed E-state index contributed by atoms with van der Waals surface area (Å²) in [6.07, 6.45) is -2.11. The number of carbonyl (C=O) groups excluding carboxylic acids is 1. The fourth-order valence-corrected chi connectivity index (χ4v) is 4.00. The maximum absolute atomic E-state index is 13.3. The van der Waals surface area contributed by atoms with Crippen LogP contribution in [0.4, 0.5) is 13.2 Å². The number of alkyl halides is 3. The summed E-state index contributed by atoms with van der Waals surface area (Å²) in [5.41, 5.74) is -0.828. The van der Waals surface area contributed by atoms with Crippen LogP contribution in [0, 0.1) is 0 Å². The largest absolute Gasteiger partial charge is 0.462 e. The Hall–Kier alpha value is -1.91. The summed E-state index contributed by atoms with van der Waals surface area (Å²) in [4.78, 5) is 16.5. The summed E-state index contributed by atoms with van der Waals surface area (Å²) in [5, 5.41) is -0.00233. The number of carbonyl (C=O) groups is 1. The van der Waals surface area contributed by atoms with Gasteiger partial charge < -0.3 is 4.74 Å². The Morgan fingerprint density at radius 1 is 1.32 bits per heavy atom. The van der Waals surface area contributed by atoms with Crippen LogP contribution in [-0.2, 0) is 21.9 Å². The highest BCUT2D eigenvalue weighted by Gasteiger charge is 2.32. The highest BCUT2D eigenvalue weighted by molar-refractivity contribution is 7.99. The average molecular weight is 493 g/mol. The van der Waals surface area contributed by atoms with Crippen molar-refractivity contribution in [2.45, 2.75) is 48.5 Å². The first-order valence-corrected chi connectivity index (χ1v) is 11.3. The highest BCUT2D eigenvalue weighted by atomic mass is 35.5. The molecule has 11 heteroatoms. The van der Waals surface area contributed by atoms with Crippen molar-refractivity contribution >= 4 is 46.5 Å². The number of ether oxygens (including phenoxy) is 1. The lowest BCUT2D eigenvalue weighted by molar-refractivity contribution is -0.137. The van der Waals surface area contributed by atoms with Crippen LogP contribution in [0.2, 0.25) is 5.02 Å². The van der Waals surface area contributed by atoms with E-state index in [2.05, 4.69) is 9.38 Å². The van der Waals surface area contributed by atoms with Gasteiger partial charge >= 0.3 is 12.1 Å². The van der Waals surface area contributed by atoms with Gasteiger partial charge in [-0.05, 0) is 52.0 Å². The third-order valence-electron chi connectivity index (χ3n) is 3.68. The summed E-state index contributed by atoms with van der Waals surface area (Å²) < 4.78 is 60.4. The molecule has 0 bridgehead atoms. The van der Waals surface area contributed by atoms with Gasteiger partial charge in [0.25, 0.3) is 0 Å². The molecule has 1 aromatic carbocycles. The molecule has 1 atom stereocenters. The second-order valence-corrected chi connectivity index (χ2v) is 10.5. The quantitative estimate of drug-likeness (QED) is 0.367. The minimum absolute atomic E-state index is 0.00267. The number of halogens is 4. The van der Waals surface area contributed by atoms with Gasteiger partial charge in [0.2, 0.25) is 0 Å². The molecule has 2 aromatic rings. The molecule has 31 heavy (non-hydrogen) atoms. The van der Waals surface area contributed by atoms with Crippen molar-refractivity contribution in [3.05, 3.63) is 52.2 Å². The van der Waals surface area contributed by atoms with Crippen molar-refractivity contribution < 1.29 is 26.9 Å².